The maximum Gasteiger partial charge on any atom is 0.261 e. The van der Waals surface area contributed by atoms with E-state index in [2.05, 4.69) is 20.4 Å². The zero-order valence-corrected chi connectivity index (χ0v) is 18.2. The van der Waals surface area contributed by atoms with Crippen molar-refractivity contribution in [3.8, 4) is 11.4 Å². The van der Waals surface area contributed by atoms with Crippen LogP contribution < -0.4 is 5.32 Å². The van der Waals surface area contributed by atoms with E-state index >= 15 is 0 Å². The molecular weight excluding hydrogens is 414 g/mol. The second kappa shape index (κ2) is 9.84. The summed E-state index contributed by atoms with van der Waals surface area (Å²) in [5.41, 5.74) is 2.12. The maximum atomic E-state index is 12.4. The van der Waals surface area contributed by atoms with Gasteiger partial charge in [-0.3, -0.25) is 14.5 Å². The monoisotopic (exact) mass is 439 g/mol. The van der Waals surface area contributed by atoms with E-state index in [1.54, 1.807) is 6.07 Å². The van der Waals surface area contributed by atoms with E-state index in [9.17, 15) is 9.59 Å². The quantitative estimate of drug-likeness (QED) is 0.608. The van der Waals surface area contributed by atoms with Crippen molar-refractivity contribution in [3.63, 3.8) is 0 Å². The van der Waals surface area contributed by atoms with Crippen molar-refractivity contribution in [2.75, 3.05) is 32.7 Å². The Morgan fingerprint density at radius 3 is 2.61 bits per heavy atom. The van der Waals surface area contributed by atoms with E-state index in [0.29, 0.717) is 49.2 Å². The first-order valence-electron chi connectivity index (χ1n) is 10.3. The highest BCUT2D eigenvalue weighted by atomic mass is 32.1. The minimum atomic E-state index is -0.128. The van der Waals surface area contributed by atoms with Crippen molar-refractivity contribution in [3.05, 3.63) is 58.1 Å². The Morgan fingerprint density at radius 1 is 1.13 bits per heavy atom. The zero-order valence-electron chi connectivity index (χ0n) is 17.4. The summed E-state index contributed by atoms with van der Waals surface area (Å²) in [7, 11) is 0. The molecule has 4 rings (SSSR count). The minimum Gasteiger partial charge on any atom is -0.351 e. The van der Waals surface area contributed by atoms with Gasteiger partial charge >= 0.3 is 0 Å². The number of hydrogen-bond acceptors (Lipinski definition) is 7. The summed E-state index contributed by atoms with van der Waals surface area (Å²) in [6.07, 6.45) is 0.306. The summed E-state index contributed by atoms with van der Waals surface area (Å²) in [6, 6.07) is 11.6. The number of aromatic nitrogens is 2. The summed E-state index contributed by atoms with van der Waals surface area (Å²) in [6.45, 7) is 5.74. The molecule has 0 saturated carbocycles. The molecule has 1 aromatic carbocycles. The molecule has 1 aliphatic heterocycles. The Bertz CT molecular complexity index is 1010. The summed E-state index contributed by atoms with van der Waals surface area (Å²) in [5.74, 6) is 1.10. The molecule has 3 aromatic rings. The number of carbonyl (C=O) groups excluding carboxylic acids is 2. The van der Waals surface area contributed by atoms with Gasteiger partial charge in [-0.2, -0.15) is 4.98 Å². The highest BCUT2D eigenvalue weighted by molar-refractivity contribution is 7.12. The smallest absolute Gasteiger partial charge is 0.261 e. The molecule has 0 unspecified atom stereocenters. The Labute approximate surface area is 184 Å². The molecule has 3 heterocycles. The molecular formula is C22H25N5O3S. The number of nitrogens with zero attached hydrogens (tertiary/aromatic N) is 4. The molecule has 0 atom stereocenters. The largest absolute Gasteiger partial charge is 0.351 e. The average molecular weight is 440 g/mol. The fraction of sp³-hybridized carbons (Fsp3) is 0.364. The third kappa shape index (κ3) is 5.56. The number of nitrogens with one attached hydrogen (secondary N) is 1. The molecule has 1 fully saturated rings. The molecule has 1 saturated heterocycles. The fourth-order valence-corrected chi connectivity index (χ4v) is 4.06. The molecule has 8 nitrogen and oxygen atoms in total. The second-order valence-electron chi connectivity index (χ2n) is 7.52. The SMILES string of the molecule is Cc1ccc(-c2noc(CN3CCN(C(=O)CCNC(=O)c4cccs4)CC3)n2)cc1. The van der Waals surface area contributed by atoms with E-state index in [1.165, 1.54) is 16.9 Å². The molecule has 162 valence electrons. The lowest BCUT2D eigenvalue weighted by atomic mass is 10.1. The van der Waals surface area contributed by atoms with Crippen molar-refractivity contribution in [1.29, 1.82) is 0 Å². The fourth-order valence-electron chi connectivity index (χ4n) is 3.42. The number of thiophene rings is 1. The number of aryl methyl sites for hydroxylation is 1. The second-order valence-corrected chi connectivity index (χ2v) is 8.47. The van der Waals surface area contributed by atoms with Gasteiger partial charge in [0.05, 0.1) is 11.4 Å². The molecule has 0 bridgehead atoms. The lowest BCUT2D eigenvalue weighted by molar-refractivity contribution is -0.132. The minimum absolute atomic E-state index is 0.0607. The van der Waals surface area contributed by atoms with Crippen LogP contribution in [-0.2, 0) is 11.3 Å². The topological polar surface area (TPSA) is 91.6 Å². The predicted octanol–water partition coefficient (Wildman–Crippen LogP) is 2.57. The summed E-state index contributed by atoms with van der Waals surface area (Å²) < 4.78 is 5.41. The van der Waals surface area contributed by atoms with Crippen molar-refractivity contribution >= 4 is 23.2 Å². The van der Waals surface area contributed by atoms with Crippen LogP contribution in [0.15, 0.2) is 46.3 Å². The number of amides is 2. The average Bonchev–Trinajstić information content (AvgIpc) is 3.47. The first-order valence-corrected chi connectivity index (χ1v) is 11.2. The Kier molecular flexibility index (Phi) is 6.73. The highest BCUT2D eigenvalue weighted by Crippen LogP contribution is 2.17. The summed E-state index contributed by atoms with van der Waals surface area (Å²) in [5, 5.41) is 8.74. The summed E-state index contributed by atoms with van der Waals surface area (Å²) >= 11 is 1.39. The maximum absolute atomic E-state index is 12.4. The lowest BCUT2D eigenvalue weighted by Gasteiger charge is -2.34. The molecule has 0 spiro atoms. The molecule has 0 radical (unpaired) electrons. The van der Waals surface area contributed by atoms with Gasteiger partial charge in [0, 0.05) is 44.7 Å². The van der Waals surface area contributed by atoms with Crippen LogP contribution in [0.3, 0.4) is 0 Å². The molecule has 2 aromatic heterocycles. The normalized spacial score (nSPS) is 14.5. The highest BCUT2D eigenvalue weighted by Gasteiger charge is 2.22. The van der Waals surface area contributed by atoms with Gasteiger partial charge in [0.1, 0.15) is 0 Å². The van der Waals surface area contributed by atoms with E-state index in [0.717, 1.165) is 18.7 Å². The zero-order chi connectivity index (χ0) is 21.6. The Morgan fingerprint density at radius 2 is 1.90 bits per heavy atom. The van der Waals surface area contributed by atoms with Crippen LogP contribution in [0.4, 0.5) is 0 Å². The first kappa shape index (κ1) is 21.2. The third-order valence-corrected chi connectivity index (χ3v) is 6.10. The molecule has 2 amide bonds. The predicted molar refractivity (Wildman–Crippen MR) is 118 cm³/mol. The van der Waals surface area contributed by atoms with Crippen LogP contribution in [-0.4, -0.2) is 64.5 Å². The van der Waals surface area contributed by atoms with Crippen LogP contribution in [0.2, 0.25) is 0 Å². The van der Waals surface area contributed by atoms with Gasteiger partial charge in [0.25, 0.3) is 5.91 Å². The van der Waals surface area contributed by atoms with Crippen molar-refractivity contribution < 1.29 is 14.1 Å². The van der Waals surface area contributed by atoms with Gasteiger partial charge in [-0.25, -0.2) is 0 Å². The van der Waals surface area contributed by atoms with Gasteiger partial charge in [-0.05, 0) is 18.4 Å². The van der Waals surface area contributed by atoms with Crippen molar-refractivity contribution in [2.24, 2.45) is 0 Å². The van der Waals surface area contributed by atoms with Crippen LogP contribution >= 0.6 is 11.3 Å². The van der Waals surface area contributed by atoms with Crippen LogP contribution in [0.5, 0.6) is 0 Å². The van der Waals surface area contributed by atoms with Gasteiger partial charge in [0.15, 0.2) is 0 Å². The molecule has 1 N–H and O–H groups in total. The number of rotatable bonds is 7. The Balaban J connectivity index is 1.19. The Hall–Kier alpha value is -3.04. The number of carbonyl (C=O) groups is 2. The molecule has 0 aliphatic carbocycles. The number of benzene rings is 1. The van der Waals surface area contributed by atoms with Gasteiger partial charge in [-0.15, -0.1) is 11.3 Å². The van der Waals surface area contributed by atoms with E-state index in [1.807, 2.05) is 47.5 Å². The van der Waals surface area contributed by atoms with E-state index < -0.39 is 0 Å². The van der Waals surface area contributed by atoms with Crippen molar-refractivity contribution in [2.45, 2.75) is 19.9 Å². The standard InChI is InChI=1S/C22H25N5O3S/c1-16-4-6-17(7-5-16)21-24-19(30-25-21)15-26-10-12-27(13-11-26)20(28)8-9-23-22(29)18-3-2-14-31-18/h2-7,14H,8-13,15H2,1H3,(H,23,29). The van der Waals surface area contributed by atoms with E-state index in [-0.39, 0.29) is 11.8 Å². The number of hydrogen-bond donors (Lipinski definition) is 1. The molecule has 9 heteroatoms. The van der Waals surface area contributed by atoms with E-state index in [4.69, 9.17) is 4.52 Å². The summed E-state index contributed by atoms with van der Waals surface area (Å²) in [4.78, 5) is 33.6. The number of piperazine rings is 1. The first-order chi connectivity index (χ1) is 15.1. The molecule has 31 heavy (non-hydrogen) atoms. The van der Waals surface area contributed by atoms with Crippen LogP contribution in [0.1, 0.15) is 27.5 Å². The van der Waals surface area contributed by atoms with Gasteiger partial charge in [-0.1, -0.05) is 41.1 Å². The van der Waals surface area contributed by atoms with Crippen LogP contribution in [0.25, 0.3) is 11.4 Å². The van der Waals surface area contributed by atoms with Gasteiger partial charge in [0.2, 0.25) is 17.6 Å². The van der Waals surface area contributed by atoms with Crippen molar-refractivity contribution in [1.82, 2.24) is 25.3 Å². The van der Waals surface area contributed by atoms with Gasteiger partial charge < -0.3 is 14.7 Å². The third-order valence-electron chi connectivity index (χ3n) is 5.23. The molecule has 1 aliphatic rings. The van der Waals surface area contributed by atoms with Crippen LogP contribution in [0, 0.1) is 6.92 Å². The lowest BCUT2D eigenvalue weighted by Crippen LogP contribution is -2.48.